The highest BCUT2D eigenvalue weighted by Crippen LogP contribution is 2.24. The molecule has 2 aromatic carbocycles. The number of benzene rings is 2. The van der Waals surface area contributed by atoms with Gasteiger partial charge in [0.15, 0.2) is 0 Å². The summed E-state index contributed by atoms with van der Waals surface area (Å²) in [6.45, 7) is 5.05. The maximum absolute atomic E-state index is 9.32. The predicted molar refractivity (Wildman–Crippen MR) is 84.2 cm³/mol. The van der Waals surface area contributed by atoms with Gasteiger partial charge in [0.05, 0.1) is 6.07 Å². The number of rotatable bonds is 6. The van der Waals surface area contributed by atoms with Gasteiger partial charge < -0.3 is 4.74 Å². The smallest absolute Gasteiger partial charge is 0.127 e. The van der Waals surface area contributed by atoms with E-state index in [0.29, 0.717) is 5.92 Å². The Morgan fingerprint density at radius 2 is 1.76 bits per heavy atom. The topological polar surface area (TPSA) is 45.0 Å². The average Bonchev–Trinajstić information content (AvgIpc) is 2.49. The molecular weight excluding hydrogens is 260 g/mol. The second-order valence-electron chi connectivity index (χ2n) is 5.35. The molecule has 2 aromatic rings. The third-order valence-electron chi connectivity index (χ3n) is 3.03. The van der Waals surface area contributed by atoms with Crippen LogP contribution in [0.5, 0.6) is 11.5 Å². The summed E-state index contributed by atoms with van der Waals surface area (Å²) in [5.74, 6) is 2.04. The number of nitrogens with zero attached hydrogens (tertiary/aromatic N) is 1. The summed E-state index contributed by atoms with van der Waals surface area (Å²) < 4.78 is 5.80. The lowest BCUT2D eigenvalue weighted by atomic mass is 10.1. The molecule has 0 spiro atoms. The minimum Gasteiger partial charge on any atom is -0.457 e. The molecule has 3 nitrogen and oxygen atoms in total. The Morgan fingerprint density at radius 3 is 2.43 bits per heavy atom. The molecule has 0 aromatic heterocycles. The molecule has 0 heterocycles. The predicted octanol–water partition coefficient (Wildman–Crippen LogP) is 4.29. The summed E-state index contributed by atoms with van der Waals surface area (Å²) in [7, 11) is 0. The molecule has 2 rings (SSSR count). The molecule has 108 valence electrons. The van der Waals surface area contributed by atoms with Crippen molar-refractivity contribution in [3.05, 3.63) is 60.2 Å². The largest absolute Gasteiger partial charge is 0.457 e. The van der Waals surface area contributed by atoms with Crippen molar-refractivity contribution in [3.63, 3.8) is 0 Å². The van der Waals surface area contributed by atoms with Gasteiger partial charge in [-0.3, -0.25) is 5.32 Å². The van der Waals surface area contributed by atoms with Gasteiger partial charge in [-0.05, 0) is 42.3 Å². The number of hydrogen-bond acceptors (Lipinski definition) is 3. The van der Waals surface area contributed by atoms with E-state index in [1.165, 1.54) is 0 Å². The Morgan fingerprint density at radius 1 is 1.05 bits per heavy atom. The van der Waals surface area contributed by atoms with Crippen molar-refractivity contribution >= 4 is 0 Å². The highest BCUT2D eigenvalue weighted by atomic mass is 16.5. The summed E-state index contributed by atoms with van der Waals surface area (Å²) in [5, 5.41) is 12.6. The van der Waals surface area contributed by atoms with Crippen molar-refractivity contribution in [1.29, 1.82) is 5.26 Å². The SMILES string of the molecule is CC(C)CNC(C#N)c1cccc(Oc2ccccc2)c1. The zero-order valence-corrected chi connectivity index (χ0v) is 12.4. The van der Waals surface area contributed by atoms with Gasteiger partial charge in [0.1, 0.15) is 17.5 Å². The van der Waals surface area contributed by atoms with E-state index in [0.717, 1.165) is 23.6 Å². The first kappa shape index (κ1) is 15.1. The first-order valence-electron chi connectivity index (χ1n) is 7.15. The highest BCUT2D eigenvalue weighted by molar-refractivity contribution is 5.36. The van der Waals surface area contributed by atoms with Gasteiger partial charge >= 0.3 is 0 Å². The lowest BCUT2D eigenvalue weighted by Gasteiger charge is -2.14. The van der Waals surface area contributed by atoms with Crippen molar-refractivity contribution < 1.29 is 4.74 Å². The van der Waals surface area contributed by atoms with Crippen LogP contribution in [-0.2, 0) is 0 Å². The van der Waals surface area contributed by atoms with Gasteiger partial charge in [-0.2, -0.15) is 5.26 Å². The van der Waals surface area contributed by atoms with Gasteiger partial charge in [0.25, 0.3) is 0 Å². The second-order valence-corrected chi connectivity index (χ2v) is 5.35. The van der Waals surface area contributed by atoms with Crippen molar-refractivity contribution in [3.8, 4) is 17.6 Å². The molecule has 0 aliphatic rings. The number of nitriles is 1. The Bertz CT molecular complexity index is 602. The van der Waals surface area contributed by atoms with E-state index in [9.17, 15) is 5.26 Å². The van der Waals surface area contributed by atoms with Gasteiger partial charge in [-0.25, -0.2) is 0 Å². The zero-order chi connectivity index (χ0) is 15.1. The molecule has 1 N–H and O–H groups in total. The molecule has 0 fully saturated rings. The molecule has 1 unspecified atom stereocenters. The number of ether oxygens (including phenoxy) is 1. The van der Waals surface area contributed by atoms with Crippen LogP contribution >= 0.6 is 0 Å². The molecule has 0 saturated carbocycles. The van der Waals surface area contributed by atoms with Crippen molar-refractivity contribution in [2.45, 2.75) is 19.9 Å². The summed E-state index contributed by atoms with van der Waals surface area (Å²) in [6, 6.07) is 19.3. The van der Waals surface area contributed by atoms with Crippen LogP contribution in [0.1, 0.15) is 25.5 Å². The molecule has 0 radical (unpaired) electrons. The maximum Gasteiger partial charge on any atom is 0.127 e. The van der Waals surface area contributed by atoms with Crippen molar-refractivity contribution in [2.75, 3.05) is 6.54 Å². The van der Waals surface area contributed by atoms with E-state index in [4.69, 9.17) is 4.74 Å². The second kappa shape index (κ2) is 7.47. The minimum atomic E-state index is -0.313. The van der Waals surface area contributed by atoms with Crippen molar-refractivity contribution in [1.82, 2.24) is 5.32 Å². The normalized spacial score (nSPS) is 11.9. The summed E-state index contributed by atoms with van der Waals surface area (Å²) in [6.07, 6.45) is 0. The van der Waals surface area contributed by atoms with Crippen LogP contribution in [0.4, 0.5) is 0 Å². The number of nitrogens with one attached hydrogen (secondary N) is 1. The van der Waals surface area contributed by atoms with Crippen molar-refractivity contribution in [2.24, 2.45) is 5.92 Å². The Kier molecular flexibility index (Phi) is 5.36. The van der Waals surface area contributed by atoms with E-state index in [1.807, 2.05) is 54.6 Å². The quantitative estimate of drug-likeness (QED) is 0.858. The van der Waals surface area contributed by atoms with E-state index < -0.39 is 0 Å². The fourth-order valence-corrected chi connectivity index (χ4v) is 1.97. The van der Waals surface area contributed by atoms with Crippen LogP contribution in [0.2, 0.25) is 0 Å². The van der Waals surface area contributed by atoms with Crippen LogP contribution in [0, 0.1) is 17.2 Å². The third-order valence-corrected chi connectivity index (χ3v) is 3.03. The Hall–Kier alpha value is -2.31. The molecule has 0 aliphatic carbocycles. The van der Waals surface area contributed by atoms with Gasteiger partial charge in [-0.15, -0.1) is 0 Å². The molecule has 3 heteroatoms. The molecule has 0 saturated heterocycles. The summed E-state index contributed by atoms with van der Waals surface area (Å²) in [5.41, 5.74) is 0.923. The third kappa shape index (κ3) is 4.62. The summed E-state index contributed by atoms with van der Waals surface area (Å²) >= 11 is 0. The fourth-order valence-electron chi connectivity index (χ4n) is 1.97. The van der Waals surface area contributed by atoms with Gasteiger partial charge in [0, 0.05) is 0 Å². The van der Waals surface area contributed by atoms with E-state index >= 15 is 0 Å². The first-order valence-corrected chi connectivity index (χ1v) is 7.15. The van der Waals surface area contributed by atoms with E-state index in [-0.39, 0.29) is 6.04 Å². The molecule has 21 heavy (non-hydrogen) atoms. The van der Waals surface area contributed by atoms with Crippen LogP contribution in [0.25, 0.3) is 0 Å². The standard InChI is InChI=1S/C18H20N2O/c1-14(2)13-20-18(12-19)15-7-6-10-17(11-15)21-16-8-4-3-5-9-16/h3-11,14,18,20H,13H2,1-2H3. The monoisotopic (exact) mass is 280 g/mol. The van der Waals surface area contributed by atoms with Gasteiger partial charge in [-0.1, -0.05) is 44.2 Å². The minimum absolute atomic E-state index is 0.313. The average molecular weight is 280 g/mol. The highest BCUT2D eigenvalue weighted by Gasteiger charge is 2.11. The number of para-hydroxylation sites is 1. The Balaban J connectivity index is 2.11. The van der Waals surface area contributed by atoms with E-state index in [2.05, 4.69) is 25.2 Å². The summed E-state index contributed by atoms with van der Waals surface area (Å²) in [4.78, 5) is 0. The lowest BCUT2D eigenvalue weighted by molar-refractivity contribution is 0.479. The van der Waals surface area contributed by atoms with Crippen LogP contribution in [0.15, 0.2) is 54.6 Å². The lowest BCUT2D eigenvalue weighted by Crippen LogP contribution is -2.24. The van der Waals surface area contributed by atoms with Gasteiger partial charge in [0.2, 0.25) is 0 Å². The van der Waals surface area contributed by atoms with Crippen LogP contribution in [0.3, 0.4) is 0 Å². The molecule has 0 amide bonds. The maximum atomic E-state index is 9.32. The molecule has 0 bridgehead atoms. The first-order chi connectivity index (χ1) is 10.2. The van der Waals surface area contributed by atoms with Crippen LogP contribution < -0.4 is 10.1 Å². The Labute approximate surface area is 126 Å². The zero-order valence-electron chi connectivity index (χ0n) is 12.4. The number of hydrogen-bond donors (Lipinski definition) is 1. The van der Waals surface area contributed by atoms with Crippen LogP contribution in [-0.4, -0.2) is 6.54 Å². The fraction of sp³-hybridized carbons (Fsp3) is 0.278. The molecular formula is C18H20N2O. The van der Waals surface area contributed by atoms with E-state index in [1.54, 1.807) is 0 Å². The molecule has 0 aliphatic heterocycles. The molecule has 1 atom stereocenters.